The summed E-state index contributed by atoms with van der Waals surface area (Å²) in [6, 6.07) is 7.76. The molecule has 1 heterocycles. The van der Waals surface area contributed by atoms with E-state index in [1.807, 2.05) is 0 Å². The van der Waals surface area contributed by atoms with Crippen molar-refractivity contribution in [3.8, 4) is 0 Å². The Labute approximate surface area is 239 Å². The molecule has 38 heavy (non-hydrogen) atoms. The van der Waals surface area contributed by atoms with Crippen LogP contribution in [0.15, 0.2) is 36.4 Å². The smallest absolute Gasteiger partial charge is 0.384 e. The topological polar surface area (TPSA) is 87.7 Å². The van der Waals surface area contributed by atoms with Crippen LogP contribution < -0.4 is 10.6 Å². The first-order valence-corrected chi connectivity index (χ1v) is 12.7. The number of benzene rings is 2. The molecule has 0 aromatic heterocycles. The van der Waals surface area contributed by atoms with Crippen LogP contribution in [0, 0.1) is 5.41 Å². The van der Waals surface area contributed by atoms with Crippen LogP contribution in [-0.4, -0.2) is 59.4 Å². The molecular weight excluding hydrogens is 617 g/mol. The molecule has 0 bridgehead atoms. The van der Waals surface area contributed by atoms with Crippen LogP contribution in [0.25, 0.3) is 0 Å². The molecule has 204 valence electrons. The Balaban J connectivity index is 1.46. The van der Waals surface area contributed by atoms with Crippen LogP contribution in [0.1, 0.15) is 21.8 Å². The fraction of sp³-hybridized carbons (Fsp3) is 0.348. The van der Waals surface area contributed by atoms with Gasteiger partial charge in [0.15, 0.2) is 0 Å². The summed E-state index contributed by atoms with van der Waals surface area (Å²) >= 11 is 31.2. The van der Waals surface area contributed by atoms with Crippen LogP contribution in [-0.2, 0) is 14.4 Å². The van der Waals surface area contributed by atoms with Crippen molar-refractivity contribution in [1.82, 2.24) is 10.4 Å². The van der Waals surface area contributed by atoms with Gasteiger partial charge in [-0.2, -0.15) is 13.2 Å². The highest BCUT2D eigenvalue weighted by atomic mass is 35.5. The zero-order chi connectivity index (χ0) is 28.0. The zero-order valence-electron chi connectivity index (χ0n) is 18.9. The Hall–Kier alpha value is -1.95. The molecule has 2 amide bonds. The zero-order valence-corrected chi connectivity index (χ0v) is 22.7. The number of anilines is 1. The number of hydrogen-bond donors (Lipinski definition) is 2. The van der Waals surface area contributed by atoms with Crippen LogP contribution in [0.2, 0.25) is 15.1 Å². The molecule has 2 unspecified atom stereocenters. The first-order chi connectivity index (χ1) is 17.7. The van der Waals surface area contributed by atoms with Gasteiger partial charge in [-0.15, -0.1) is 0 Å². The highest BCUT2D eigenvalue weighted by Crippen LogP contribution is 2.73. The lowest BCUT2D eigenvalue weighted by atomic mass is 10.00. The summed E-state index contributed by atoms with van der Waals surface area (Å²) in [5, 5.41) is 6.09. The van der Waals surface area contributed by atoms with E-state index in [1.54, 1.807) is 18.2 Å². The number of carbonyl (C=O) groups excluding carboxylic acids is 3. The molecule has 2 aromatic rings. The minimum absolute atomic E-state index is 0.0146. The number of carbonyl (C=O) groups is 3. The normalized spacial score (nSPS) is 24.3. The molecule has 2 aliphatic rings. The second-order valence-corrected chi connectivity index (χ2v) is 11.4. The summed E-state index contributed by atoms with van der Waals surface area (Å²) in [6.45, 7) is -2.11. The molecule has 0 spiro atoms. The minimum atomic E-state index is -4.67. The number of aldehydes is 1. The number of halogens is 8. The van der Waals surface area contributed by atoms with Gasteiger partial charge in [-0.3, -0.25) is 14.4 Å². The van der Waals surface area contributed by atoms with Gasteiger partial charge in [-0.25, -0.2) is 5.06 Å². The number of nitrogens with one attached hydrogen (secondary N) is 2. The Bertz CT molecular complexity index is 1300. The molecule has 2 N–H and O–H groups in total. The van der Waals surface area contributed by atoms with Crippen molar-refractivity contribution < 1.29 is 32.4 Å². The van der Waals surface area contributed by atoms with Gasteiger partial charge in [0.2, 0.25) is 0 Å². The Morgan fingerprint density at radius 2 is 1.79 bits per heavy atom. The fourth-order valence-corrected chi connectivity index (χ4v) is 5.72. The van der Waals surface area contributed by atoms with Gasteiger partial charge in [0, 0.05) is 18.2 Å². The first-order valence-electron chi connectivity index (χ1n) is 10.8. The summed E-state index contributed by atoms with van der Waals surface area (Å²) in [5.41, 5.74) is -0.348. The van der Waals surface area contributed by atoms with Crippen molar-refractivity contribution in [3.63, 3.8) is 0 Å². The van der Waals surface area contributed by atoms with E-state index in [0.717, 1.165) is 0 Å². The standard InChI is InChI=1S/C23H17Cl5F3N3O4/c24-14-4-2-12(6-13(14)19(36)33-17-7-38-34(20(17)37)9-22(29,30)31)32-8-21(10-35)18(23(21,27)28)11-1-3-15(25)16(26)5-11/h1-6,10,17-18,32H,7-9H2,(H,33,36)/t17-,18?,21?/m1/s1. The second-order valence-electron chi connectivity index (χ2n) is 8.75. The van der Waals surface area contributed by atoms with E-state index in [1.165, 1.54) is 18.2 Å². The largest absolute Gasteiger partial charge is 0.408 e. The fourth-order valence-electron chi connectivity index (χ4n) is 4.24. The maximum atomic E-state index is 12.8. The molecular formula is C23H17Cl5F3N3O4. The summed E-state index contributed by atoms with van der Waals surface area (Å²) in [5.74, 6) is -2.47. The highest BCUT2D eigenvalue weighted by molar-refractivity contribution is 6.54. The molecule has 2 aromatic carbocycles. The van der Waals surface area contributed by atoms with Crippen molar-refractivity contribution in [2.75, 3.05) is 25.0 Å². The third-order valence-corrected chi connectivity index (χ3v) is 8.48. The lowest BCUT2D eigenvalue weighted by molar-refractivity contribution is -0.214. The van der Waals surface area contributed by atoms with Crippen LogP contribution >= 0.6 is 58.0 Å². The van der Waals surface area contributed by atoms with Crippen molar-refractivity contribution in [2.45, 2.75) is 22.5 Å². The number of alkyl halides is 5. The van der Waals surface area contributed by atoms with Crippen LogP contribution in [0.5, 0.6) is 0 Å². The maximum absolute atomic E-state index is 12.8. The average molecular weight is 634 g/mol. The SMILES string of the molecule is O=CC1(CNc2ccc(Cl)c(C(=O)N[C@@H]3CON(CC(F)(F)F)C3=O)c2)C(c2ccc(Cl)c(Cl)c2)C1(Cl)Cl. The van der Waals surface area contributed by atoms with E-state index in [9.17, 15) is 27.6 Å². The molecule has 0 radical (unpaired) electrons. The van der Waals surface area contributed by atoms with Crippen molar-refractivity contribution >= 4 is 81.8 Å². The lowest BCUT2D eigenvalue weighted by Crippen LogP contribution is -2.44. The van der Waals surface area contributed by atoms with E-state index >= 15 is 0 Å². The Kier molecular flexibility index (Phi) is 8.07. The number of nitrogens with zero attached hydrogens (tertiary/aromatic N) is 1. The van der Waals surface area contributed by atoms with E-state index in [4.69, 9.17) is 62.8 Å². The number of rotatable bonds is 8. The second kappa shape index (κ2) is 10.6. The Morgan fingerprint density at radius 1 is 1.11 bits per heavy atom. The highest BCUT2D eigenvalue weighted by Gasteiger charge is 2.76. The lowest BCUT2D eigenvalue weighted by Gasteiger charge is -2.17. The predicted molar refractivity (Wildman–Crippen MR) is 137 cm³/mol. The summed E-state index contributed by atoms with van der Waals surface area (Å²) in [7, 11) is 0. The van der Waals surface area contributed by atoms with E-state index in [-0.39, 0.29) is 27.2 Å². The number of amides is 2. The van der Waals surface area contributed by atoms with Gasteiger partial charge >= 0.3 is 6.18 Å². The minimum Gasteiger partial charge on any atom is -0.384 e. The molecule has 3 atom stereocenters. The molecule has 1 aliphatic heterocycles. The number of hydroxylamine groups is 2. The third kappa shape index (κ3) is 5.52. The molecule has 7 nitrogen and oxygen atoms in total. The average Bonchev–Trinajstić information content (AvgIpc) is 3.16. The van der Waals surface area contributed by atoms with Gasteiger partial charge in [0.1, 0.15) is 29.8 Å². The van der Waals surface area contributed by atoms with Crippen molar-refractivity contribution in [2.24, 2.45) is 5.41 Å². The van der Waals surface area contributed by atoms with Gasteiger partial charge in [0.25, 0.3) is 11.8 Å². The molecule has 4 rings (SSSR count). The van der Waals surface area contributed by atoms with Gasteiger partial charge in [-0.05, 0) is 35.9 Å². The van der Waals surface area contributed by atoms with Crippen LogP contribution in [0.3, 0.4) is 0 Å². The van der Waals surface area contributed by atoms with Gasteiger partial charge in [0.05, 0.1) is 26.0 Å². The molecule has 1 aliphatic carbocycles. The van der Waals surface area contributed by atoms with E-state index in [0.29, 0.717) is 22.6 Å². The summed E-state index contributed by atoms with van der Waals surface area (Å²) < 4.78 is 36.3. The van der Waals surface area contributed by atoms with E-state index in [2.05, 4.69) is 10.6 Å². The Morgan fingerprint density at radius 3 is 2.42 bits per heavy atom. The maximum Gasteiger partial charge on any atom is 0.408 e. The molecule has 2 fully saturated rings. The van der Waals surface area contributed by atoms with Crippen molar-refractivity contribution in [3.05, 3.63) is 62.6 Å². The quantitative estimate of drug-likeness (QED) is 0.290. The van der Waals surface area contributed by atoms with Crippen LogP contribution in [0.4, 0.5) is 18.9 Å². The molecule has 1 saturated carbocycles. The summed E-state index contributed by atoms with van der Waals surface area (Å²) in [6.07, 6.45) is -4.02. The molecule has 1 saturated heterocycles. The summed E-state index contributed by atoms with van der Waals surface area (Å²) in [4.78, 5) is 41.9. The molecule has 15 heteroatoms. The first kappa shape index (κ1) is 29.0. The van der Waals surface area contributed by atoms with E-state index < -0.39 is 52.9 Å². The number of hydrogen-bond acceptors (Lipinski definition) is 5. The third-order valence-electron chi connectivity index (χ3n) is 6.27. The predicted octanol–water partition coefficient (Wildman–Crippen LogP) is 5.65. The van der Waals surface area contributed by atoms with Gasteiger partial charge in [-0.1, -0.05) is 64.1 Å². The van der Waals surface area contributed by atoms with Gasteiger partial charge < -0.3 is 15.4 Å². The monoisotopic (exact) mass is 631 g/mol. The van der Waals surface area contributed by atoms with Crippen molar-refractivity contribution in [1.29, 1.82) is 0 Å².